The zero-order valence-electron chi connectivity index (χ0n) is 11.5. The van der Waals surface area contributed by atoms with E-state index in [4.69, 9.17) is 0 Å². The molecule has 0 fully saturated rings. The summed E-state index contributed by atoms with van der Waals surface area (Å²) < 4.78 is 2.23. The molecule has 0 aliphatic rings. The fraction of sp³-hybridized carbons (Fsp3) is 0.222. The number of fused-ring (bicyclic) bond motifs is 1. The Labute approximate surface area is 114 Å². The number of rotatable bonds is 3. The second-order valence-corrected chi connectivity index (χ2v) is 5.08. The summed E-state index contributed by atoms with van der Waals surface area (Å²) in [7, 11) is 2.13. The van der Waals surface area contributed by atoms with Gasteiger partial charge in [0.15, 0.2) is 0 Å². The van der Waals surface area contributed by atoms with E-state index in [0.717, 1.165) is 6.42 Å². The van der Waals surface area contributed by atoms with Gasteiger partial charge in [0.25, 0.3) is 0 Å². The van der Waals surface area contributed by atoms with Crippen LogP contribution in [0.5, 0.6) is 0 Å². The molecule has 0 spiro atoms. The summed E-state index contributed by atoms with van der Waals surface area (Å²) in [5, 5.41) is 1.38. The van der Waals surface area contributed by atoms with Crippen molar-refractivity contribution < 1.29 is 0 Å². The Kier molecular flexibility index (Phi) is 3.12. The van der Waals surface area contributed by atoms with E-state index in [-0.39, 0.29) is 0 Å². The predicted octanol–water partition coefficient (Wildman–Crippen LogP) is 4.72. The fourth-order valence-corrected chi connectivity index (χ4v) is 2.97. The minimum Gasteiger partial charge on any atom is -0.350 e. The van der Waals surface area contributed by atoms with Crippen molar-refractivity contribution in [3.05, 3.63) is 71.9 Å². The van der Waals surface area contributed by atoms with Crippen LogP contribution in [0.15, 0.2) is 60.8 Å². The van der Waals surface area contributed by atoms with Crippen molar-refractivity contribution in [2.24, 2.45) is 7.05 Å². The quantitative estimate of drug-likeness (QED) is 0.633. The van der Waals surface area contributed by atoms with Gasteiger partial charge in [0, 0.05) is 30.1 Å². The van der Waals surface area contributed by atoms with Crippen molar-refractivity contribution in [1.29, 1.82) is 0 Å². The van der Waals surface area contributed by atoms with Gasteiger partial charge >= 0.3 is 0 Å². The summed E-state index contributed by atoms with van der Waals surface area (Å²) in [6.45, 7) is 2.26. The van der Waals surface area contributed by atoms with E-state index in [1.807, 2.05) is 0 Å². The largest absolute Gasteiger partial charge is 0.350 e. The molecule has 0 aliphatic heterocycles. The van der Waals surface area contributed by atoms with Crippen LogP contribution in [0.3, 0.4) is 0 Å². The van der Waals surface area contributed by atoms with Crippen LogP contribution in [-0.4, -0.2) is 4.57 Å². The van der Waals surface area contributed by atoms with E-state index in [2.05, 4.69) is 79.3 Å². The molecule has 1 nitrogen and oxygen atoms in total. The van der Waals surface area contributed by atoms with E-state index in [0.29, 0.717) is 5.92 Å². The summed E-state index contributed by atoms with van der Waals surface area (Å²) >= 11 is 0. The summed E-state index contributed by atoms with van der Waals surface area (Å²) in [6, 6.07) is 19.5. The first-order valence-corrected chi connectivity index (χ1v) is 6.90. The summed E-state index contributed by atoms with van der Waals surface area (Å²) in [4.78, 5) is 0. The van der Waals surface area contributed by atoms with Gasteiger partial charge in [-0.1, -0.05) is 55.5 Å². The second-order valence-electron chi connectivity index (χ2n) is 5.08. The molecule has 0 saturated heterocycles. The molecule has 3 rings (SSSR count). The van der Waals surface area contributed by atoms with Crippen molar-refractivity contribution in [2.75, 3.05) is 0 Å². The molecule has 1 heterocycles. The van der Waals surface area contributed by atoms with Gasteiger partial charge in [-0.25, -0.2) is 0 Å². The number of nitrogens with zero attached hydrogens (tertiary/aromatic N) is 1. The Morgan fingerprint density at radius 2 is 1.63 bits per heavy atom. The van der Waals surface area contributed by atoms with Gasteiger partial charge in [0.05, 0.1) is 0 Å². The van der Waals surface area contributed by atoms with Crippen LogP contribution in [-0.2, 0) is 7.05 Å². The first-order valence-electron chi connectivity index (χ1n) is 6.90. The molecule has 0 radical (unpaired) electrons. The average Bonchev–Trinajstić information content (AvgIpc) is 2.79. The first kappa shape index (κ1) is 12.0. The molecule has 1 unspecified atom stereocenters. The average molecular weight is 249 g/mol. The molecule has 1 heteroatoms. The Hall–Kier alpha value is -2.02. The van der Waals surface area contributed by atoms with Crippen molar-refractivity contribution in [1.82, 2.24) is 4.57 Å². The van der Waals surface area contributed by atoms with Crippen molar-refractivity contribution in [3.63, 3.8) is 0 Å². The zero-order valence-corrected chi connectivity index (χ0v) is 11.5. The molecule has 2 aromatic carbocycles. The fourth-order valence-electron chi connectivity index (χ4n) is 2.97. The highest BCUT2D eigenvalue weighted by Crippen LogP contribution is 2.33. The SMILES string of the molecule is CCC(c1ccccc1)c1cn(C)c2ccccc12. The molecule has 19 heavy (non-hydrogen) atoms. The maximum atomic E-state index is 2.28. The molecular formula is C18H19N. The number of aryl methyl sites for hydroxylation is 1. The Morgan fingerprint density at radius 1 is 0.947 bits per heavy atom. The molecule has 96 valence electrons. The van der Waals surface area contributed by atoms with Gasteiger partial charge < -0.3 is 4.57 Å². The summed E-state index contributed by atoms with van der Waals surface area (Å²) in [6.07, 6.45) is 3.41. The molecule has 0 bridgehead atoms. The van der Waals surface area contributed by atoms with Crippen molar-refractivity contribution >= 4 is 10.9 Å². The topological polar surface area (TPSA) is 4.93 Å². The highest BCUT2D eigenvalue weighted by Gasteiger charge is 2.16. The van der Waals surface area contributed by atoms with Gasteiger partial charge in [-0.2, -0.15) is 0 Å². The van der Waals surface area contributed by atoms with Crippen LogP contribution < -0.4 is 0 Å². The second kappa shape index (κ2) is 4.93. The number of aromatic nitrogens is 1. The zero-order chi connectivity index (χ0) is 13.2. The third-order valence-electron chi connectivity index (χ3n) is 3.91. The van der Waals surface area contributed by atoms with Crippen molar-refractivity contribution in [3.8, 4) is 0 Å². The van der Waals surface area contributed by atoms with Crippen LogP contribution in [0.2, 0.25) is 0 Å². The lowest BCUT2D eigenvalue weighted by Gasteiger charge is -2.14. The van der Waals surface area contributed by atoms with E-state index < -0.39 is 0 Å². The van der Waals surface area contributed by atoms with Gasteiger partial charge in [0.2, 0.25) is 0 Å². The normalized spacial score (nSPS) is 12.7. The highest BCUT2D eigenvalue weighted by atomic mass is 14.9. The molecule has 3 aromatic rings. The van der Waals surface area contributed by atoms with E-state index >= 15 is 0 Å². The predicted molar refractivity (Wildman–Crippen MR) is 81.5 cm³/mol. The van der Waals surface area contributed by atoms with E-state index in [9.17, 15) is 0 Å². The van der Waals surface area contributed by atoms with Gasteiger partial charge in [0.1, 0.15) is 0 Å². The monoisotopic (exact) mass is 249 g/mol. The maximum Gasteiger partial charge on any atom is 0.0480 e. The minimum atomic E-state index is 0.479. The summed E-state index contributed by atoms with van der Waals surface area (Å²) in [5.41, 5.74) is 4.15. The van der Waals surface area contributed by atoms with Crippen LogP contribution in [0.4, 0.5) is 0 Å². The van der Waals surface area contributed by atoms with E-state index in [1.165, 1.54) is 22.0 Å². The molecule has 1 aromatic heterocycles. The van der Waals surface area contributed by atoms with Gasteiger partial charge in [-0.05, 0) is 23.6 Å². The van der Waals surface area contributed by atoms with Crippen molar-refractivity contribution in [2.45, 2.75) is 19.3 Å². The Bertz CT molecular complexity index is 679. The first-order chi connectivity index (χ1) is 9.31. The van der Waals surface area contributed by atoms with E-state index in [1.54, 1.807) is 0 Å². The number of hydrogen-bond acceptors (Lipinski definition) is 0. The standard InChI is InChI=1S/C18H19N/c1-3-15(14-9-5-4-6-10-14)17-13-19(2)18-12-8-7-11-16(17)18/h4-13,15H,3H2,1-2H3. The van der Waals surface area contributed by atoms with Gasteiger partial charge in [-0.3, -0.25) is 0 Å². The molecule has 0 amide bonds. The smallest absolute Gasteiger partial charge is 0.0480 e. The van der Waals surface area contributed by atoms with Crippen LogP contribution in [0.1, 0.15) is 30.4 Å². The number of para-hydroxylation sites is 1. The lowest BCUT2D eigenvalue weighted by Crippen LogP contribution is -1.98. The minimum absolute atomic E-state index is 0.479. The Balaban J connectivity index is 2.17. The Morgan fingerprint density at radius 3 is 2.37 bits per heavy atom. The lowest BCUT2D eigenvalue weighted by molar-refractivity contribution is 0.777. The molecule has 0 saturated carbocycles. The molecule has 1 atom stereocenters. The van der Waals surface area contributed by atoms with Crippen LogP contribution in [0, 0.1) is 0 Å². The maximum absolute atomic E-state index is 2.28. The molecule has 0 N–H and O–H groups in total. The number of hydrogen-bond donors (Lipinski definition) is 0. The lowest BCUT2D eigenvalue weighted by atomic mass is 9.89. The van der Waals surface area contributed by atoms with Gasteiger partial charge in [-0.15, -0.1) is 0 Å². The van der Waals surface area contributed by atoms with Crippen LogP contribution in [0.25, 0.3) is 10.9 Å². The molecular weight excluding hydrogens is 230 g/mol. The molecule has 0 aliphatic carbocycles. The highest BCUT2D eigenvalue weighted by molar-refractivity contribution is 5.84. The number of benzene rings is 2. The third kappa shape index (κ3) is 2.06. The third-order valence-corrected chi connectivity index (χ3v) is 3.91. The summed E-state index contributed by atoms with van der Waals surface area (Å²) in [5.74, 6) is 0.479. The van der Waals surface area contributed by atoms with Crippen LogP contribution >= 0.6 is 0 Å².